The molecular formula is C14H9F3O. The molecule has 3 aromatic carbocycles. The van der Waals surface area contributed by atoms with Gasteiger partial charge in [-0.2, -0.15) is 0 Å². The highest BCUT2D eigenvalue weighted by atomic mass is 19.2. The lowest BCUT2D eigenvalue weighted by molar-refractivity contribution is 0.453. The van der Waals surface area contributed by atoms with Crippen molar-refractivity contribution in [2.45, 2.75) is 0 Å². The van der Waals surface area contributed by atoms with Crippen molar-refractivity contribution in [2.75, 3.05) is 0 Å². The quantitative estimate of drug-likeness (QED) is 0.431. The van der Waals surface area contributed by atoms with Crippen LogP contribution in [0.15, 0.2) is 42.5 Å². The van der Waals surface area contributed by atoms with Crippen molar-refractivity contribution in [3.8, 4) is 0 Å². The first-order chi connectivity index (χ1) is 8.16. The minimum Gasteiger partial charge on any atom is -0.412 e. The van der Waals surface area contributed by atoms with Crippen molar-refractivity contribution in [2.24, 2.45) is 0 Å². The molecule has 0 saturated heterocycles. The molecule has 0 aliphatic heterocycles. The van der Waals surface area contributed by atoms with Gasteiger partial charge in [0.25, 0.3) is 0 Å². The van der Waals surface area contributed by atoms with Crippen LogP contribution in [0, 0.1) is 17.5 Å². The molecule has 2 N–H and O–H groups in total. The Morgan fingerprint density at radius 3 is 1.94 bits per heavy atom. The van der Waals surface area contributed by atoms with Gasteiger partial charge in [0.1, 0.15) is 0 Å². The van der Waals surface area contributed by atoms with E-state index in [2.05, 4.69) is 0 Å². The lowest BCUT2D eigenvalue weighted by Crippen LogP contribution is -1.92. The van der Waals surface area contributed by atoms with Crippen LogP contribution in [-0.4, -0.2) is 5.48 Å². The minimum absolute atomic E-state index is 0. The maximum absolute atomic E-state index is 13.6. The Hall–Kier alpha value is -2.07. The van der Waals surface area contributed by atoms with Crippen LogP contribution in [0.4, 0.5) is 13.2 Å². The first-order valence-electron chi connectivity index (χ1n) is 5.13. The molecule has 0 aliphatic rings. The summed E-state index contributed by atoms with van der Waals surface area (Å²) in [6.45, 7) is 0. The lowest BCUT2D eigenvalue weighted by atomic mass is 10.0. The van der Waals surface area contributed by atoms with Gasteiger partial charge >= 0.3 is 0 Å². The van der Waals surface area contributed by atoms with E-state index in [9.17, 15) is 13.2 Å². The molecule has 0 atom stereocenters. The van der Waals surface area contributed by atoms with Crippen molar-refractivity contribution in [3.63, 3.8) is 0 Å². The maximum atomic E-state index is 13.6. The molecule has 92 valence electrons. The van der Waals surface area contributed by atoms with Crippen LogP contribution >= 0.6 is 0 Å². The second kappa shape index (κ2) is 4.31. The zero-order valence-electron chi connectivity index (χ0n) is 9.18. The molecule has 3 rings (SSSR count). The summed E-state index contributed by atoms with van der Waals surface area (Å²) in [5, 5.41) is 2.12. The number of rotatable bonds is 0. The van der Waals surface area contributed by atoms with Crippen molar-refractivity contribution >= 4 is 21.5 Å². The molecule has 0 heterocycles. The number of benzene rings is 3. The van der Waals surface area contributed by atoms with Gasteiger partial charge < -0.3 is 5.48 Å². The van der Waals surface area contributed by atoms with Crippen LogP contribution in [0.1, 0.15) is 0 Å². The predicted molar refractivity (Wildman–Crippen MR) is 64.9 cm³/mol. The van der Waals surface area contributed by atoms with E-state index in [-0.39, 0.29) is 10.9 Å². The van der Waals surface area contributed by atoms with Gasteiger partial charge in [0.05, 0.1) is 0 Å². The highest BCUT2D eigenvalue weighted by Gasteiger charge is 2.13. The van der Waals surface area contributed by atoms with E-state index in [1.165, 1.54) is 6.07 Å². The van der Waals surface area contributed by atoms with Crippen LogP contribution in [0.2, 0.25) is 0 Å². The normalized spacial score (nSPS) is 10.6. The molecule has 0 saturated carbocycles. The second-order valence-corrected chi connectivity index (χ2v) is 3.91. The van der Waals surface area contributed by atoms with Gasteiger partial charge in [-0.15, -0.1) is 0 Å². The van der Waals surface area contributed by atoms with Crippen molar-refractivity contribution in [1.29, 1.82) is 0 Å². The van der Waals surface area contributed by atoms with Gasteiger partial charge in [-0.05, 0) is 34.4 Å². The standard InChI is InChI=1S/C14H7F3.H2O/c15-12-7-10-5-8-3-1-2-4-9(8)6-11(10)13(16)14(12)17;/h1-7H;1H2. The molecule has 3 aromatic rings. The van der Waals surface area contributed by atoms with Gasteiger partial charge in [0.15, 0.2) is 17.5 Å². The van der Waals surface area contributed by atoms with E-state index in [0.717, 1.165) is 16.8 Å². The summed E-state index contributed by atoms with van der Waals surface area (Å²) < 4.78 is 39.8. The summed E-state index contributed by atoms with van der Waals surface area (Å²) >= 11 is 0. The number of hydrogen-bond acceptors (Lipinski definition) is 0. The highest BCUT2D eigenvalue weighted by molar-refractivity contribution is 5.98. The molecule has 0 aliphatic carbocycles. The Balaban J connectivity index is 0.00000120. The largest absolute Gasteiger partial charge is 0.412 e. The first-order valence-corrected chi connectivity index (χ1v) is 5.13. The zero-order valence-corrected chi connectivity index (χ0v) is 9.18. The third-order valence-corrected chi connectivity index (χ3v) is 2.84. The lowest BCUT2D eigenvalue weighted by Gasteiger charge is -2.04. The fraction of sp³-hybridized carbons (Fsp3) is 0. The van der Waals surface area contributed by atoms with Gasteiger partial charge in [-0.1, -0.05) is 24.3 Å². The Morgan fingerprint density at radius 2 is 1.28 bits per heavy atom. The summed E-state index contributed by atoms with van der Waals surface area (Å²) in [6.07, 6.45) is 0. The third kappa shape index (κ3) is 1.71. The number of hydrogen-bond donors (Lipinski definition) is 0. The minimum atomic E-state index is -1.42. The van der Waals surface area contributed by atoms with E-state index < -0.39 is 17.5 Å². The van der Waals surface area contributed by atoms with Crippen molar-refractivity contribution in [3.05, 3.63) is 59.9 Å². The molecule has 18 heavy (non-hydrogen) atoms. The highest BCUT2D eigenvalue weighted by Crippen LogP contribution is 2.27. The molecule has 0 aromatic heterocycles. The number of fused-ring (bicyclic) bond motifs is 2. The van der Waals surface area contributed by atoms with Crippen molar-refractivity contribution in [1.82, 2.24) is 0 Å². The molecule has 0 fully saturated rings. The van der Waals surface area contributed by atoms with Crippen LogP contribution in [0.25, 0.3) is 21.5 Å². The molecule has 0 unspecified atom stereocenters. The van der Waals surface area contributed by atoms with Gasteiger partial charge in [0.2, 0.25) is 0 Å². The second-order valence-electron chi connectivity index (χ2n) is 3.91. The van der Waals surface area contributed by atoms with E-state index >= 15 is 0 Å². The van der Waals surface area contributed by atoms with E-state index in [1.54, 1.807) is 12.1 Å². The SMILES string of the molecule is Fc1cc2cc3ccccc3cc2c(F)c1F.O. The zero-order chi connectivity index (χ0) is 12.0. The van der Waals surface area contributed by atoms with E-state index in [4.69, 9.17) is 0 Å². The molecule has 0 spiro atoms. The average Bonchev–Trinajstić information content (AvgIpc) is 2.34. The van der Waals surface area contributed by atoms with Gasteiger partial charge in [-0.25, -0.2) is 13.2 Å². The fourth-order valence-corrected chi connectivity index (χ4v) is 1.99. The summed E-state index contributed by atoms with van der Waals surface area (Å²) in [6, 6.07) is 11.5. The number of halogens is 3. The fourth-order valence-electron chi connectivity index (χ4n) is 1.99. The Morgan fingerprint density at radius 1 is 0.667 bits per heavy atom. The van der Waals surface area contributed by atoms with E-state index in [1.807, 2.05) is 18.2 Å². The predicted octanol–water partition coefficient (Wildman–Crippen LogP) is 3.59. The summed E-state index contributed by atoms with van der Waals surface area (Å²) in [5.41, 5.74) is 0. The molecule has 0 bridgehead atoms. The van der Waals surface area contributed by atoms with Gasteiger partial charge in [0, 0.05) is 5.39 Å². The molecule has 0 radical (unpaired) electrons. The Kier molecular flexibility index (Phi) is 2.97. The molecule has 4 heteroatoms. The van der Waals surface area contributed by atoms with Crippen molar-refractivity contribution < 1.29 is 18.6 Å². The van der Waals surface area contributed by atoms with Crippen LogP contribution < -0.4 is 0 Å². The third-order valence-electron chi connectivity index (χ3n) is 2.84. The molecule has 1 nitrogen and oxygen atoms in total. The average molecular weight is 250 g/mol. The smallest absolute Gasteiger partial charge is 0.195 e. The Labute approximate surface area is 101 Å². The van der Waals surface area contributed by atoms with Crippen LogP contribution in [0.3, 0.4) is 0 Å². The Bertz CT molecular complexity index is 738. The van der Waals surface area contributed by atoms with Crippen LogP contribution in [-0.2, 0) is 0 Å². The van der Waals surface area contributed by atoms with E-state index in [0.29, 0.717) is 5.39 Å². The summed E-state index contributed by atoms with van der Waals surface area (Å²) in [7, 11) is 0. The summed E-state index contributed by atoms with van der Waals surface area (Å²) in [4.78, 5) is 0. The monoisotopic (exact) mass is 250 g/mol. The summed E-state index contributed by atoms with van der Waals surface area (Å²) in [5.74, 6) is -3.72. The maximum Gasteiger partial charge on any atom is 0.195 e. The molecule has 0 amide bonds. The van der Waals surface area contributed by atoms with Crippen LogP contribution in [0.5, 0.6) is 0 Å². The first kappa shape index (κ1) is 12.4. The molecular weight excluding hydrogens is 241 g/mol. The van der Waals surface area contributed by atoms with Gasteiger partial charge in [-0.3, -0.25) is 0 Å². The topological polar surface area (TPSA) is 31.5 Å².